The van der Waals surface area contributed by atoms with E-state index in [1.807, 2.05) is 6.07 Å². The number of nitrogens with zero attached hydrogens (tertiary/aromatic N) is 2. The molecule has 21 heavy (non-hydrogen) atoms. The number of quaternary nitrogens is 2. The summed E-state index contributed by atoms with van der Waals surface area (Å²) in [6.07, 6.45) is 0. The van der Waals surface area contributed by atoms with Gasteiger partial charge in [-0.15, -0.1) is 0 Å². The number of hydroxylamine groups is 1. The largest absolute Gasteiger partial charge is 0.621 e. The van der Waals surface area contributed by atoms with Crippen molar-refractivity contribution in [2.45, 2.75) is 0 Å². The van der Waals surface area contributed by atoms with Crippen molar-refractivity contribution < 1.29 is 10.2 Å². The zero-order chi connectivity index (χ0) is 14.8. The highest BCUT2D eigenvalue weighted by Crippen LogP contribution is 2.14. The fourth-order valence-electron chi connectivity index (χ4n) is 2.06. The molecule has 0 saturated carbocycles. The Morgan fingerprint density at radius 3 is 2.33 bits per heavy atom. The summed E-state index contributed by atoms with van der Waals surface area (Å²) in [5.41, 5.74) is 1.76. The lowest BCUT2D eigenvalue weighted by Gasteiger charge is -2.30. The van der Waals surface area contributed by atoms with Crippen LogP contribution in [-0.2, 0) is 0 Å². The minimum Gasteiger partial charge on any atom is -0.621 e. The Balaban J connectivity index is 1.88. The van der Waals surface area contributed by atoms with Crippen LogP contribution in [0.3, 0.4) is 0 Å². The summed E-state index contributed by atoms with van der Waals surface area (Å²) in [6.45, 7) is 0. The van der Waals surface area contributed by atoms with Gasteiger partial charge < -0.3 is 10.4 Å². The molecule has 0 spiro atoms. The number of hydrogen-bond acceptors (Lipinski definition) is 5. The van der Waals surface area contributed by atoms with Crippen LogP contribution in [-0.4, -0.2) is 5.96 Å². The van der Waals surface area contributed by atoms with Gasteiger partial charge in [0.25, 0.3) is 0 Å². The van der Waals surface area contributed by atoms with Crippen LogP contribution in [0.15, 0.2) is 53.6 Å². The molecule has 1 aliphatic rings. The smallest absolute Gasteiger partial charge is 0.358 e. The summed E-state index contributed by atoms with van der Waals surface area (Å²) in [5.74, 6) is -0.0107. The Kier molecular flexibility index (Phi) is 3.35. The highest BCUT2D eigenvalue weighted by atomic mass is 16.5. The Hall–Kier alpha value is -2.76. The van der Waals surface area contributed by atoms with Crippen LogP contribution in [0, 0.1) is 21.7 Å². The van der Waals surface area contributed by atoms with Crippen LogP contribution in [0.2, 0.25) is 0 Å². The van der Waals surface area contributed by atoms with Crippen LogP contribution in [0.1, 0.15) is 5.56 Å². The predicted octanol–water partition coefficient (Wildman–Crippen LogP) is -0.0166. The van der Waals surface area contributed by atoms with E-state index in [4.69, 9.17) is 5.26 Å². The molecule has 0 aromatic heterocycles. The first-order chi connectivity index (χ1) is 10.2. The minimum atomic E-state index is -0.443. The maximum Gasteiger partial charge on any atom is 0.358 e. The molecule has 104 valence electrons. The second-order valence-electron chi connectivity index (χ2n) is 4.45. The normalized spacial score (nSPS) is 20.1. The van der Waals surface area contributed by atoms with Gasteiger partial charge in [-0.3, -0.25) is 10.4 Å². The van der Waals surface area contributed by atoms with Gasteiger partial charge in [0.15, 0.2) is 0 Å². The second-order valence-corrected chi connectivity index (χ2v) is 4.45. The fraction of sp³-hybridized carbons (Fsp3) is 0. The van der Waals surface area contributed by atoms with Crippen LogP contribution in [0.5, 0.6) is 0 Å². The van der Waals surface area contributed by atoms with E-state index in [0.29, 0.717) is 22.6 Å². The third kappa shape index (κ3) is 2.47. The zero-order valence-corrected chi connectivity index (χ0v) is 10.8. The van der Waals surface area contributed by atoms with E-state index < -0.39 is 5.17 Å². The highest BCUT2D eigenvalue weighted by molar-refractivity contribution is 5.89. The molecule has 7 heteroatoms. The topological polar surface area (TPSA) is 103 Å². The molecule has 3 N–H and O–H groups in total. The van der Waals surface area contributed by atoms with Crippen LogP contribution >= 0.6 is 0 Å². The first kappa shape index (κ1) is 13.2. The van der Waals surface area contributed by atoms with E-state index >= 15 is 0 Å². The van der Waals surface area contributed by atoms with Crippen molar-refractivity contribution in [1.29, 1.82) is 5.26 Å². The number of benzene rings is 2. The quantitative estimate of drug-likeness (QED) is 0.639. The summed E-state index contributed by atoms with van der Waals surface area (Å²) in [6, 6.07) is 15.1. The molecule has 7 nitrogen and oxygen atoms in total. The average Bonchev–Trinajstić information content (AvgIpc) is 2.53. The van der Waals surface area contributed by atoms with Crippen molar-refractivity contribution in [2.24, 2.45) is 5.10 Å². The number of para-hydroxylation sites is 1. The van der Waals surface area contributed by atoms with Gasteiger partial charge in [0.2, 0.25) is 11.4 Å². The molecule has 0 saturated heterocycles. The number of guanidine groups is 1. The van der Waals surface area contributed by atoms with Gasteiger partial charge in [-0.1, -0.05) is 12.1 Å². The molecule has 0 bridgehead atoms. The van der Waals surface area contributed by atoms with Crippen LogP contribution in [0.4, 0.5) is 17.1 Å². The van der Waals surface area contributed by atoms with Crippen molar-refractivity contribution in [3.63, 3.8) is 0 Å². The van der Waals surface area contributed by atoms with E-state index in [-0.39, 0.29) is 11.0 Å². The van der Waals surface area contributed by atoms with Crippen molar-refractivity contribution in [3.8, 4) is 6.07 Å². The number of fused-ring (bicyclic) bond motifs is 1. The lowest BCUT2D eigenvalue weighted by molar-refractivity contribution is -0.812. The van der Waals surface area contributed by atoms with Gasteiger partial charge in [0.1, 0.15) is 0 Å². The van der Waals surface area contributed by atoms with E-state index in [2.05, 4.69) is 10.4 Å². The molecule has 2 atom stereocenters. The lowest BCUT2D eigenvalue weighted by atomic mass is 10.2. The number of nitriles is 1. The lowest BCUT2D eigenvalue weighted by Crippen LogP contribution is -3.14. The van der Waals surface area contributed by atoms with Gasteiger partial charge in [-0.25, -0.2) is 0 Å². The molecule has 0 amide bonds. The number of hydrogen-bond donors (Lipinski definition) is 3. The minimum absolute atomic E-state index is 0.0107. The van der Waals surface area contributed by atoms with Crippen molar-refractivity contribution >= 4 is 23.0 Å². The molecular weight excluding hydrogens is 270 g/mol. The Labute approximate surface area is 120 Å². The molecule has 2 aromatic rings. The van der Waals surface area contributed by atoms with Crippen LogP contribution in [0.25, 0.3) is 0 Å². The first-order valence-corrected chi connectivity index (χ1v) is 6.23. The summed E-state index contributed by atoms with van der Waals surface area (Å²) < 4.78 is 0. The number of rotatable bonds is 1. The monoisotopic (exact) mass is 281 g/mol. The Morgan fingerprint density at radius 2 is 1.67 bits per heavy atom. The molecule has 1 aliphatic heterocycles. The second kappa shape index (κ2) is 5.32. The SMILES string of the molecule is N#Cc1ccc(NC2=N[NH+]([O-])c3ccccc3[NH+]2[O-])cc1. The molecule has 2 unspecified atom stereocenters. The molecule has 0 radical (unpaired) electrons. The van der Waals surface area contributed by atoms with Gasteiger partial charge >= 0.3 is 5.96 Å². The fourth-order valence-corrected chi connectivity index (χ4v) is 2.06. The van der Waals surface area contributed by atoms with Crippen molar-refractivity contribution in [3.05, 3.63) is 64.5 Å². The Morgan fingerprint density at radius 1 is 1.00 bits per heavy atom. The van der Waals surface area contributed by atoms with Gasteiger partial charge in [-0.2, -0.15) is 10.4 Å². The van der Waals surface area contributed by atoms with E-state index in [1.165, 1.54) is 0 Å². The average molecular weight is 281 g/mol. The maximum absolute atomic E-state index is 12.3. The highest BCUT2D eigenvalue weighted by Gasteiger charge is 2.27. The third-order valence-electron chi connectivity index (χ3n) is 3.11. The number of nitrogens with one attached hydrogen (secondary N) is 3. The van der Waals surface area contributed by atoms with E-state index in [0.717, 1.165) is 0 Å². The molecule has 0 aliphatic carbocycles. The zero-order valence-electron chi connectivity index (χ0n) is 10.8. The standard InChI is InChI=1S/C14H11N5O2/c15-9-10-5-7-11(8-6-10)16-14-17-19(21)13-4-2-1-3-12(13)18(14)20/h1-8,18-19H,(H,16,17). The van der Waals surface area contributed by atoms with Gasteiger partial charge in [0.05, 0.1) is 11.6 Å². The van der Waals surface area contributed by atoms with Gasteiger partial charge in [-0.05, 0) is 24.3 Å². The van der Waals surface area contributed by atoms with Crippen molar-refractivity contribution in [2.75, 3.05) is 5.32 Å². The molecule has 3 rings (SSSR count). The summed E-state index contributed by atoms with van der Waals surface area (Å²) in [5, 5.41) is 38.8. The third-order valence-corrected chi connectivity index (χ3v) is 3.11. The van der Waals surface area contributed by atoms with Gasteiger partial charge in [0, 0.05) is 22.9 Å². The number of anilines is 1. The Bertz CT molecular complexity index is 736. The molecule has 1 heterocycles. The molecule has 0 fully saturated rings. The summed E-state index contributed by atoms with van der Waals surface area (Å²) in [7, 11) is 0. The molecule has 2 aromatic carbocycles. The summed E-state index contributed by atoms with van der Waals surface area (Å²) in [4.78, 5) is 0. The molecular formula is C14H11N5O2. The van der Waals surface area contributed by atoms with E-state index in [1.54, 1.807) is 48.5 Å². The predicted molar refractivity (Wildman–Crippen MR) is 76.6 cm³/mol. The van der Waals surface area contributed by atoms with Crippen LogP contribution < -0.4 is 15.6 Å². The first-order valence-electron chi connectivity index (χ1n) is 6.23. The maximum atomic E-state index is 12.3. The summed E-state index contributed by atoms with van der Waals surface area (Å²) >= 11 is 0. The van der Waals surface area contributed by atoms with Crippen molar-refractivity contribution in [1.82, 2.24) is 0 Å². The van der Waals surface area contributed by atoms with E-state index in [9.17, 15) is 10.4 Å².